The fraction of sp³-hybridized carbons (Fsp3) is 0.375. The Morgan fingerprint density at radius 3 is 2.49 bits per heavy atom. The van der Waals surface area contributed by atoms with Crippen molar-refractivity contribution in [1.29, 1.82) is 0 Å². The third-order valence-corrected chi connectivity index (χ3v) is 7.38. The van der Waals surface area contributed by atoms with Crippen molar-refractivity contribution in [2.75, 3.05) is 6.61 Å². The summed E-state index contributed by atoms with van der Waals surface area (Å²) < 4.78 is 8.46. The number of aromatic nitrogens is 2. The summed E-state index contributed by atoms with van der Waals surface area (Å²) in [6.45, 7) is 13.0. The molecule has 0 spiro atoms. The van der Waals surface area contributed by atoms with Gasteiger partial charge in [0.05, 0.1) is 5.69 Å². The van der Waals surface area contributed by atoms with Gasteiger partial charge in [-0.3, -0.25) is 9.82 Å². The zero-order valence-corrected chi connectivity index (χ0v) is 26.2. The van der Waals surface area contributed by atoms with Crippen LogP contribution in [0.15, 0.2) is 71.8 Å². The normalized spacial score (nSPS) is 11.4. The van der Waals surface area contributed by atoms with Gasteiger partial charge in [0, 0.05) is 56.5 Å². The molecule has 2 N–H and O–H groups in total. The molecule has 0 saturated heterocycles. The van der Waals surface area contributed by atoms with Crippen molar-refractivity contribution < 1.29 is 19.5 Å². The van der Waals surface area contributed by atoms with Crippen molar-refractivity contribution in [2.45, 2.75) is 76.8 Å². The van der Waals surface area contributed by atoms with E-state index in [9.17, 15) is 4.79 Å². The van der Waals surface area contributed by atoms with Crippen LogP contribution in [-0.4, -0.2) is 38.0 Å². The SMILES string of the molecule is CC.CC(C)Sc1c(CC(C)(C)NOCC(=O)O)n(Cc2ccc(Cl)cc2)c2ccc(OCc3ccccn3)cc12. The van der Waals surface area contributed by atoms with E-state index >= 15 is 0 Å². The molecule has 9 heteroatoms. The minimum Gasteiger partial charge on any atom is -0.487 e. The molecule has 0 aliphatic rings. The Morgan fingerprint density at radius 2 is 1.85 bits per heavy atom. The fourth-order valence-electron chi connectivity index (χ4n) is 4.33. The van der Waals surface area contributed by atoms with Crippen LogP contribution in [0, 0.1) is 0 Å². The number of thioether (sulfide) groups is 1. The maximum absolute atomic E-state index is 11.0. The van der Waals surface area contributed by atoms with Gasteiger partial charge in [0.15, 0.2) is 6.61 Å². The lowest BCUT2D eigenvalue weighted by molar-refractivity contribution is -0.147. The summed E-state index contributed by atoms with van der Waals surface area (Å²) in [7, 11) is 0. The number of carboxylic acid groups (broad SMARTS) is 1. The Morgan fingerprint density at radius 1 is 1.12 bits per heavy atom. The number of rotatable bonds is 13. The van der Waals surface area contributed by atoms with Crippen LogP contribution >= 0.6 is 23.4 Å². The smallest absolute Gasteiger partial charge is 0.331 e. The van der Waals surface area contributed by atoms with Gasteiger partial charge < -0.3 is 14.4 Å². The van der Waals surface area contributed by atoms with E-state index in [1.807, 2.05) is 88.0 Å². The fourth-order valence-corrected chi connectivity index (χ4v) is 5.54. The number of hydrogen-bond donors (Lipinski definition) is 2. The number of pyridine rings is 1. The van der Waals surface area contributed by atoms with Crippen molar-refractivity contribution >= 4 is 40.2 Å². The molecule has 0 aliphatic heterocycles. The number of nitrogens with zero attached hydrogens (tertiary/aromatic N) is 2. The highest BCUT2D eigenvalue weighted by atomic mass is 35.5. The number of benzene rings is 2. The van der Waals surface area contributed by atoms with E-state index in [0.717, 1.165) is 33.6 Å². The van der Waals surface area contributed by atoms with E-state index in [0.29, 0.717) is 29.8 Å². The van der Waals surface area contributed by atoms with Crippen molar-refractivity contribution in [3.05, 3.63) is 88.8 Å². The van der Waals surface area contributed by atoms with Gasteiger partial charge in [0.1, 0.15) is 12.4 Å². The van der Waals surface area contributed by atoms with Crippen LogP contribution < -0.4 is 10.2 Å². The van der Waals surface area contributed by atoms with Gasteiger partial charge in [0.25, 0.3) is 0 Å². The van der Waals surface area contributed by atoms with E-state index in [-0.39, 0.29) is 0 Å². The number of nitrogens with one attached hydrogen (secondary N) is 1. The quantitative estimate of drug-likeness (QED) is 0.120. The molecule has 2 aromatic carbocycles. The van der Waals surface area contributed by atoms with E-state index < -0.39 is 18.1 Å². The number of aliphatic carboxylic acids is 1. The van der Waals surface area contributed by atoms with Crippen LogP contribution in [0.2, 0.25) is 5.02 Å². The highest BCUT2D eigenvalue weighted by molar-refractivity contribution is 8.00. The number of ether oxygens (including phenoxy) is 1. The largest absolute Gasteiger partial charge is 0.487 e. The number of fused-ring (bicyclic) bond motifs is 1. The Balaban J connectivity index is 0.00000226. The maximum Gasteiger partial charge on any atom is 0.331 e. The Labute approximate surface area is 252 Å². The third kappa shape index (κ3) is 9.50. The van der Waals surface area contributed by atoms with Gasteiger partial charge in [-0.25, -0.2) is 4.79 Å². The molecule has 2 aromatic heterocycles. The molecule has 7 nitrogen and oxygen atoms in total. The lowest BCUT2D eigenvalue weighted by atomic mass is 9.99. The summed E-state index contributed by atoms with van der Waals surface area (Å²) in [6, 6.07) is 19.9. The lowest BCUT2D eigenvalue weighted by Crippen LogP contribution is -2.42. The predicted octanol–water partition coefficient (Wildman–Crippen LogP) is 7.77. The molecule has 0 radical (unpaired) electrons. The van der Waals surface area contributed by atoms with Crippen LogP contribution in [0.1, 0.15) is 58.5 Å². The topological polar surface area (TPSA) is 85.6 Å². The standard InChI is InChI=1S/C30H34ClN3O4S.C2H6/c1-20(2)39-29-25-15-24(37-18-23-7-5-6-14-32-23)12-13-26(25)34(17-21-8-10-22(31)11-9-21)27(29)16-30(3,4)33-38-19-28(35)36;1-2/h5-15,20,33H,16-19H2,1-4H3,(H,35,36);1-2H3. The van der Waals surface area contributed by atoms with Crippen molar-refractivity contribution in [3.63, 3.8) is 0 Å². The van der Waals surface area contributed by atoms with E-state index in [2.05, 4.69) is 41.0 Å². The van der Waals surface area contributed by atoms with Crippen molar-refractivity contribution in [2.24, 2.45) is 0 Å². The summed E-state index contributed by atoms with van der Waals surface area (Å²) in [6.07, 6.45) is 2.37. The molecule has 220 valence electrons. The molecule has 41 heavy (non-hydrogen) atoms. The Bertz CT molecular complexity index is 1410. The third-order valence-electron chi connectivity index (χ3n) is 5.97. The van der Waals surface area contributed by atoms with Crippen molar-refractivity contribution in [1.82, 2.24) is 15.0 Å². The first kappa shape index (κ1) is 32.5. The van der Waals surface area contributed by atoms with E-state index in [1.54, 1.807) is 6.20 Å². The first-order valence-corrected chi connectivity index (χ1v) is 15.1. The van der Waals surface area contributed by atoms with Crippen molar-refractivity contribution in [3.8, 4) is 5.75 Å². The van der Waals surface area contributed by atoms with Gasteiger partial charge in [-0.05, 0) is 61.9 Å². The predicted molar refractivity (Wildman–Crippen MR) is 168 cm³/mol. The van der Waals surface area contributed by atoms with Gasteiger partial charge in [-0.2, -0.15) is 5.48 Å². The molecule has 4 aromatic rings. The average Bonchev–Trinajstić information content (AvgIpc) is 3.20. The molecular weight excluding hydrogens is 558 g/mol. The number of carboxylic acids is 1. The van der Waals surface area contributed by atoms with Crippen LogP contribution in [0.5, 0.6) is 5.75 Å². The molecule has 0 fully saturated rings. The first-order valence-electron chi connectivity index (χ1n) is 13.8. The van der Waals surface area contributed by atoms with Gasteiger partial charge in [0.2, 0.25) is 0 Å². The number of carbonyl (C=O) groups is 1. The summed E-state index contributed by atoms with van der Waals surface area (Å²) in [5.74, 6) is -0.249. The van der Waals surface area contributed by atoms with Gasteiger partial charge >= 0.3 is 5.97 Å². The molecule has 0 atom stereocenters. The van der Waals surface area contributed by atoms with E-state index in [1.165, 1.54) is 4.90 Å². The second-order valence-corrected chi connectivity index (χ2v) is 12.3. The maximum atomic E-state index is 11.0. The molecule has 2 heterocycles. The van der Waals surface area contributed by atoms with E-state index in [4.69, 9.17) is 26.3 Å². The molecular formula is C32H40ClN3O4S. The number of hydroxylamine groups is 1. The van der Waals surface area contributed by atoms with Crippen LogP contribution in [0.3, 0.4) is 0 Å². The Hall–Kier alpha value is -3.04. The number of hydrogen-bond acceptors (Lipinski definition) is 6. The summed E-state index contributed by atoms with van der Waals surface area (Å²) >= 11 is 7.97. The Kier molecular flexibility index (Phi) is 12.1. The summed E-state index contributed by atoms with van der Waals surface area (Å²) in [5, 5.41) is 11.2. The van der Waals surface area contributed by atoms with Crippen LogP contribution in [0.4, 0.5) is 0 Å². The molecule has 0 saturated carbocycles. The zero-order chi connectivity index (χ0) is 30.0. The zero-order valence-electron chi connectivity index (χ0n) is 24.6. The summed E-state index contributed by atoms with van der Waals surface area (Å²) in [4.78, 5) is 21.8. The minimum absolute atomic E-state index is 0.343. The second-order valence-electron chi connectivity index (χ2n) is 10.3. The molecule has 0 bridgehead atoms. The highest BCUT2D eigenvalue weighted by Crippen LogP contribution is 2.40. The second kappa shape index (κ2) is 15.3. The minimum atomic E-state index is -1.02. The van der Waals surface area contributed by atoms with Crippen LogP contribution in [0.25, 0.3) is 10.9 Å². The lowest BCUT2D eigenvalue weighted by Gasteiger charge is -2.27. The monoisotopic (exact) mass is 597 g/mol. The summed E-state index contributed by atoms with van der Waals surface area (Å²) in [5.41, 5.74) is 6.65. The van der Waals surface area contributed by atoms with Gasteiger partial charge in [-0.1, -0.05) is 57.5 Å². The molecule has 0 amide bonds. The molecule has 0 aliphatic carbocycles. The highest BCUT2D eigenvalue weighted by Gasteiger charge is 2.27. The number of halogens is 1. The average molecular weight is 598 g/mol. The van der Waals surface area contributed by atoms with Gasteiger partial charge in [-0.15, -0.1) is 11.8 Å². The molecule has 0 unspecified atom stereocenters. The first-order chi connectivity index (χ1) is 19.6. The van der Waals surface area contributed by atoms with Crippen LogP contribution in [-0.2, 0) is 29.2 Å². The molecule has 4 rings (SSSR count).